The minimum atomic E-state index is -3.89. The van der Waals surface area contributed by atoms with E-state index in [4.69, 9.17) is 10.3 Å². The van der Waals surface area contributed by atoms with E-state index in [0.717, 1.165) is 0 Å². The lowest BCUT2D eigenvalue weighted by atomic mass is 10.3. The molecule has 1 atom stereocenters. The molecule has 0 amide bonds. The van der Waals surface area contributed by atoms with E-state index in [1.165, 1.54) is 0 Å². The lowest BCUT2D eigenvalue weighted by Crippen LogP contribution is -2.28. The van der Waals surface area contributed by atoms with Crippen LogP contribution in [0.15, 0.2) is 0 Å². The Morgan fingerprint density at radius 1 is 1.60 bits per heavy atom. The zero-order valence-electron chi connectivity index (χ0n) is 5.95. The fourth-order valence-corrected chi connectivity index (χ4v) is 1.16. The molecule has 0 radical (unpaired) electrons. The summed E-state index contributed by atoms with van der Waals surface area (Å²) in [6, 6.07) is 0. The third-order valence-electron chi connectivity index (χ3n) is 1.14. The minimum absolute atomic E-state index is 0. The third-order valence-corrected chi connectivity index (χ3v) is 2.51. The fraction of sp³-hybridized carbons (Fsp3) is 1.00. The quantitative estimate of drug-likeness (QED) is 0.506. The van der Waals surface area contributed by atoms with Gasteiger partial charge in [0, 0.05) is 6.54 Å². The smallest absolute Gasteiger partial charge is 0.269 e. The van der Waals surface area contributed by atoms with Crippen LogP contribution in [0.4, 0.5) is 0 Å². The number of nitrogens with two attached hydrogens (primary N) is 1. The van der Waals surface area contributed by atoms with Gasteiger partial charge < -0.3 is 11.9 Å². The van der Waals surface area contributed by atoms with Crippen LogP contribution >= 0.6 is 0 Å². The monoisotopic (exact) mass is 170 g/mol. The van der Waals surface area contributed by atoms with Gasteiger partial charge in [-0.3, -0.25) is 4.55 Å². The Morgan fingerprint density at radius 3 is 2.00 bits per heavy atom. The van der Waals surface area contributed by atoms with Gasteiger partial charge in [-0.25, -0.2) is 0 Å². The van der Waals surface area contributed by atoms with Crippen LogP contribution in [-0.4, -0.2) is 24.8 Å². The predicted octanol–water partition coefficient (Wildman–Crippen LogP) is -0.226. The van der Waals surface area contributed by atoms with Crippen LogP contribution in [0.2, 0.25) is 0 Å². The molecule has 0 aliphatic rings. The van der Waals surface area contributed by atoms with Crippen molar-refractivity contribution in [3.63, 3.8) is 0 Å². The van der Waals surface area contributed by atoms with Gasteiger partial charge in [0.25, 0.3) is 10.1 Å². The second kappa shape index (κ2) is 4.62. The van der Waals surface area contributed by atoms with Gasteiger partial charge in [0.1, 0.15) is 0 Å². The van der Waals surface area contributed by atoms with Gasteiger partial charge in [-0.2, -0.15) is 8.42 Å². The maximum atomic E-state index is 10.3. The highest BCUT2D eigenvalue weighted by atomic mass is 32.2. The highest BCUT2D eigenvalue weighted by Crippen LogP contribution is 1.99. The summed E-state index contributed by atoms with van der Waals surface area (Å²) in [5.41, 5.74) is 5.03. The molecule has 0 saturated heterocycles. The molecule has 0 heterocycles. The normalized spacial score (nSPS) is 13.9. The Morgan fingerprint density at radius 2 is 2.00 bits per heavy atom. The first-order valence-electron chi connectivity index (χ1n) is 2.68. The first-order valence-corrected chi connectivity index (χ1v) is 4.19. The van der Waals surface area contributed by atoms with Crippen LogP contribution in [0.1, 0.15) is 13.3 Å². The van der Waals surface area contributed by atoms with Crippen LogP contribution in [0, 0.1) is 0 Å². The van der Waals surface area contributed by atoms with Gasteiger partial charge in [0.2, 0.25) is 0 Å². The topological polar surface area (TPSA) is 115 Å². The molecule has 0 aromatic rings. The lowest BCUT2D eigenvalue weighted by molar-refractivity contribution is 0.465. The first-order chi connectivity index (χ1) is 4.02. The van der Waals surface area contributed by atoms with Crippen molar-refractivity contribution in [1.29, 1.82) is 0 Å². The summed E-state index contributed by atoms with van der Waals surface area (Å²) in [6.45, 7) is 1.64. The molecule has 0 fully saturated rings. The molecule has 5 nitrogen and oxygen atoms in total. The standard InChI is InChI=1S/C4H11NO3S.H3N/c1-2-4(3-5)9(6,7)8;/h4H,2-3,5H2,1H3,(H,6,7,8);1H3. The molecule has 6 heteroatoms. The number of rotatable bonds is 3. The average Bonchev–Trinajstić information content (AvgIpc) is 1.65. The first kappa shape index (κ1) is 12.5. The minimum Gasteiger partial charge on any atom is -0.344 e. The summed E-state index contributed by atoms with van der Waals surface area (Å²) in [7, 11) is -3.89. The van der Waals surface area contributed by atoms with Gasteiger partial charge in [0.15, 0.2) is 0 Å². The van der Waals surface area contributed by atoms with E-state index < -0.39 is 15.4 Å². The summed E-state index contributed by atoms with van der Waals surface area (Å²) in [4.78, 5) is 0. The maximum Gasteiger partial charge on any atom is 0.269 e. The van der Waals surface area contributed by atoms with E-state index in [0.29, 0.717) is 6.42 Å². The van der Waals surface area contributed by atoms with Gasteiger partial charge >= 0.3 is 0 Å². The maximum absolute atomic E-state index is 10.3. The van der Waals surface area contributed by atoms with Gasteiger partial charge in [-0.1, -0.05) is 6.92 Å². The van der Waals surface area contributed by atoms with Crippen molar-refractivity contribution in [2.24, 2.45) is 5.73 Å². The second-order valence-corrected chi connectivity index (χ2v) is 3.48. The molecule has 0 aromatic heterocycles. The van der Waals surface area contributed by atoms with Gasteiger partial charge in [-0.05, 0) is 6.42 Å². The summed E-state index contributed by atoms with van der Waals surface area (Å²) in [6.07, 6.45) is 0.356. The third kappa shape index (κ3) is 3.78. The van der Waals surface area contributed by atoms with E-state index in [2.05, 4.69) is 0 Å². The van der Waals surface area contributed by atoms with E-state index in [9.17, 15) is 8.42 Å². The largest absolute Gasteiger partial charge is 0.344 e. The molecular weight excluding hydrogens is 156 g/mol. The summed E-state index contributed by atoms with van der Waals surface area (Å²) in [5.74, 6) is 0. The Labute approximate surface area is 60.9 Å². The van der Waals surface area contributed by atoms with Crippen molar-refractivity contribution < 1.29 is 13.0 Å². The average molecular weight is 170 g/mol. The molecule has 0 rings (SSSR count). The second-order valence-electron chi connectivity index (χ2n) is 1.78. The Balaban J connectivity index is 0. The van der Waals surface area contributed by atoms with Crippen LogP contribution in [0.3, 0.4) is 0 Å². The molecule has 0 aliphatic heterocycles. The highest BCUT2D eigenvalue weighted by Gasteiger charge is 2.17. The summed E-state index contributed by atoms with van der Waals surface area (Å²) in [5, 5.41) is -0.794. The van der Waals surface area contributed by atoms with Crippen molar-refractivity contribution in [3.8, 4) is 0 Å². The molecular formula is C4H14N2O3S. The zero-order chi connectivity index (χ0) is 7.49. The SMILES string of the molecule is CCC(CN)S(=O)(=O)O.N. The molecule has 10 heavy (non-hydrogen) atoms. The summed E-state index contributed by atoms with van der Waals surface area (Å²) >= 11 is 0. The number of hydrogen-bond donors (Lipinski definition) is 3. The lowest BCUT2D eigenvalue weighted by Gasteiger charge is -2.05. The highest BCUT2D eigenvalue weighted by molar-refractivity contribution is 7.86. The van der Waals surface area contributed by atoms with Crippen LogP contribution in [0.5, 0.6) is 0 Å². The van der Waals surface area contributed by atoms with E-state index >= 15 is 0 Å². The number of hydrogen-bond acceptors (Lipinski definition) is 4. The molecule has 0 bridgehead atoms. The zero-order valence-corrected chi connectivity index (χ0v) is 6.76. The summed E-state index contributed by atoms with van der Waals surface area (Å²) < 4.78 is 28.9. The van der Waals surface area contributed by atoms with Crippen molar-refractivity contribution >= 4 is 10.1 Å². The Kier molecular flexibility index (Phi) is 5.77. The van der Waals surface area contributed by atoms with Crippen molar-refractivity contribution in [2.45, 2.75) is 18.6 Å². The van der Waals surface area contributed by atoms with Crippen molar-refractivity contribution in [2.75, 3.05) is 6.54 Å². The van der Waals surface area contributed by atoms with E-state index in [-0.39, 0.29) is 12.7 Å². The van der Waals surface area contributed by atoms with Crippen molar-refractivity contribution in [3.05, 3.63) is 0 Å². The van der Waals surface area contributed by atoms with E-state index in [1.807, 2.05) is 0 Å². The molecule has 0 aliphatic carbocycles. The van der Waals surface area contributed by atoms with Crippen molar-refractivity contribution in [1.82, 2.24) is 6.15 Å². The molecule has 1 unspecified atom stereocenters. The molecule has 6 N–H and O–H groups in total. The molecule has 64 valence electrons. The Bertz CT molecular complexity index is 161. The molecule has 0 saturated carbocycles. The fourth-order valence-electron chi connectivity index (χ4n) is 0.499. The van der Waals surface area contributed by atoms with Gasteiger partial charge in [0.05, 0.1) is 5.25 Å². The van der Waals surface area contributed by atoms with Crippen LogP contribution < -0.4 is 11.9 Å². The predicted molar refractivity (Wildman–Crippen MR) is 39.7 cm³/mol. The molecule has 0 aromatic carbocycles. The van der Waals surface area contributed by atoms with E-state index in [1.54, 1.807) is 6.92 Å². The van der Waals surface area contributed by atoms with Gasteiger partial charge in [-0.15, -0.1) is 0 Å². The molecule has 0 spiro atoms. The Hall–Kier alpha value is -0.170. The van der Waals surface area contributed by atoms with Crippen LogP contribution in [-0.2, 0) is 10.1 Å². The van der Waals surface area contributed by atoms with Crippen LogP contribution in [0.25, 0.3) is 0 Å².